The summed E-state index contributed by atoms with van der Waals surface area (Å²) in [5, 5.41) is 7.08. The summed E-state index contributed by atoms with van der Waals surface area (Å²) in [6, 6.07) is 15.8. The van der Waals surface area contributed by atoms with E-state index in [0.717, 1.165) is 19.6 Å². The lowest BCUT2D eigenvalue weighted by Gasteiger charge is -2.33. The molecule has 0 aromatic heterocycles. The minimum Gasteiger partial charge on any atom is -0.318 e. The first-order valence-electron chi connectivity index (χ1n) is 9.05. The Balaban J connectivity index is 2.32. The van der Waals surface area contributed by atoms with E-state index in [-0.39, 0.29) is 10.8 Å². The number of hydrogen-bond donors (Lipinski definition) is 2. The number of nitrogens with one attached hydrogen (secondary N) is 2. The van der Waals surface area contributed by atoms with E-state index in [4.69, 9.17) is 0 Å². The zero-order chi connectivity index (χ0) is 17.4. The molecule has 0 amide bonds. The van der Waals surface area contributed by atoms with Crippen LogP contribution in [0.1, 0.15) is 44.4 Å². The van der Waals surface area contributed by atoms with E-state index in [1.807, 2.05) is 0 Å². The van der Waals surface area contributed by atoms with Crippen LogP contribution in [-0.2, 0) is 10.8 Å². The Hall–Kier alpha value is -1.64. The van der Waals surface area contributed by atoms with Crippen LogP contribution in [0.3, 0.4) is 0 Å². The van der Waals surface area contributed by atoms with E-state index in [9.17, 15) is 0 Å². The lowest BCUT2D eigenvalue weighted by atomic mass is 9.76. The van der Waals surface area contributed by atoms with E-state index in [1.54, 1.807) is 0 Å². The van der Waals surface area contributed by atoms with Gasteiger partial charge in [0, 0.05) is 18.5 Å². The average molecular weight is 322 g/mol. The standard InChI is InChI=1S/C22H30N2/c1-6-24-15-22(14-23-5)17-11-8-7-10-16(17)20-18(21(2,3)4)12-9-13-19(20)22/h7-13,23-24H,6,14-15H2,1-5H3. The molecular weight excluding hydrogens is 292 g/mol. The van der Waals surface area contributed by atoms with Crippen LogP contribution in [0.5, 0.6) is 0 Å². The minimum atomic E-state index is -0.00204. The van der Waals surface area contributed by atoms with Gasteiger partial charge in [-0.1, -0.05) is 70.2 Å². The average Bonchev–Trinajstić information content (AvgIpc) is 2.84. The predicted octanol–water partition coefficient (Wildman–Crippen LogP) is 4.08. The normalized spacial score (nSPS) is 19.2. The van der Waals surface area contributed by atoms with Gasteiger partial charge in [-0.05, 0) is 46.8 Å². The molecular formula is C22H30N2. The third kappa shape index (κ3) is 2.58. The number of rotatable bonds is 5. The molecule has 2 N–H and O–H groups in total. The molecule has 0 saturated carbocycles. The Labute approximate surface area is 146 Å². The van der Waals surface area contributed by atoms with Gasteiger partial charge in [0.15, 0.2) is 0 Å². The Morgan fingerprint density at radius 2 is 1.62 bits per heavy atom. The van der Waals surface area contributed by atoms with E-state index in [0.29, 0.717) is 0 Å². The van der Waals surface area contributed by atoms with E-state index < -0.39 is 0 Å². The van der Waals surface area contributed by atoms with Crippen molar-refractivity contribution < 1.29 is 0 Å². The van der Waals surface area contributed by atoms with Gasteiger partial charge < -0.3 is 10.6 Å². The molecule has 1 atom stereocenters. The van der Waals surface area contributed by atoms with Crippen LogP contribution in [0.4, 0.5) is 0 Å². The van der Waals surface area contributed by atoms with E-state index in [2.05, 4.69) is 87.8 Å². The molecule has 3 rings (SSSR count). The van der Waals surface area contributed by atoms with Gasteiger partial charge in [-0.25, -0.2) is 0 Å². The quantitative estimate of drug-likeness (QED) is 0.867. The molecule has 1 aliphatic carbocycles. The highest BCUT2D eigenvalue weighted by Gasteiger charge is 2.43. The third-order valence-corrected chi connectivity index (χ3v) is 5.26. The summed E-state index contributed by atoms with van der Waals surface area (Å²) in [6.07, 6.45) is 0. The number of benzene rings is 2. The van der Waals surface area contributed by atoms with Gasteiger partial charge >= 0.3 is 0 Å². The second kappa shape index (κ2) is 6.34. The molecule has 24 heavy (non-hydrogen) atoms. The van der Waals surface area contributed by atoms with Crippen LogP contribution in [0, 0.1) is 0 Å². The maximum absolute atomic E-state index is 3.62. The monoisotopic (exact) mass is 322 g/mol. The van der Waals surface area contributed by atoms with Gasteiger partial charge in [0.1, 0.15) is 0 Å². The molecule has 0 aliphatic heterocycles. The Morgan fingerprint density at radius 1 is 0.917 bits per heavy atom. The van der Waals surface area contributed by atoms with Crippen molar-refractivity contribution >= 4 is 0 Å². The highest BCUT2D eigenvalue weighted by Crippen LogP contribution is 2.51. The van der Waals surface area contributed by atoms with Crippen LogP contribution in [-0.4, -0.2) is 26.7 Å². The van der Waals surface area contributed by atoms with Crippen molar-refractivity contribution in [2.75, 3.05) is 26.7 Å². The molecule has 0 heterocycles. The summed E-state index contributed by atoms with van der Waals surface area (Å²) < 4.78 is 0. The Kier molecular flexibility index (Phi) is 4.54. The van der Waals surface area contributed by atoms with Crippen molar-refractivity contribution in [3.05, 3.63) is 59.2 Å². The SMILES string of the molecule is CCNCC1(CNC)c2ccccc2-c2c(C(C)(C)C)cccc21. The van der Waals surface area contributed by atoms with Gasteiger partial charge in [-0.2, -0.15) is 0 Å². The van der Waals surface area contributed by atoms with Gasteiger partial charge in [0.2, 0.25) is 0 Å². The molecule has 0 bridgehead atoms. The van der Waals surface area contributed by atoms with Gasteiger partial charge in [0.05, 0.1) is 0 Å². The molecule has 0 saturated heterocycles. The predicted molar refractivity (Wildman–Crippen MR) is 104 cm³/mol. The fourth-order valence-corrected chi connectivity index (χ4v) is 4.21. The summed E-state index contributed by atoms with van der Waals surface area (Å²) in [5.74, 6) is 0. The topological polar surface area (TPSA) is 24.1 Å². The second-order valence-electron chi connectivity index (χ2n) is 7.92. The first-order chi connectivity index (χ1) is 11.5. The number of likely N-dealkylation sites (N-methyl/N-ethyl adjacent to an activating group) is 2. The number of fused-ring (bicyclic) bond motifs is 3. The molecule has 0 fully saturated rings. The smallest absolute Gasteiger partial charge is 0.0463 e. The van der Waals surface area contributed by atoms with Crippen molar-refractivity contribution in [3.63, 3.8) is 0 Å². The van der Waals surface area contributed by atoms with Crippen LogP contribution < -0.4 is 10.6 Å². The second-order valence-corrected chi connectivity index (χ2v) is 7.92. The van der Waals surface area contributed by atoms with Crippen molar-refractivity contribution in [1.29, 1.82) is 0 Å². The van der Waals surface area contributed by atoms with Crippen molar-refractivity contribution in [3.8, 4) is 11.1 Å². The van der Waals surface area contributed by atoms with Crippen LogP contribution in [0.15, 0.2) is 42.5 Å². The maximum atomic E-state index is 3.62. The summed E-state index contributed by atoms with van der Waals surface area (Å²) in [7, 11) is 2.06. The lowest BCUT2D eigenvalue weighted by Crippen LogP contribution is -2.44. The molecule has 2 aromatic carbocycles. The molecule has 0 radical (unpaired) electrons. The largest absolute Gasteiger partial charge is 0.318 e. The van der Waals surface area contributed by atoms with Gasteiger partial charge in [0.25, 0.3) is 0 Å². The summed E-state index contributed by atoms with van der Waals surface area (Å²) in [6.45, 7) is 12.0. The highest BCUT2D eigenvalue weighted by molar-refractivity contribution is 5.84. The summed E-state index contributed by atoms with van der Waals surface area (Å²) >= 11 is 0. The number of hydrogen-bond acceptors (Lipinski definition) is 2. The molecule has 2 heteroatoms. The fraction of sp³-hybridized carbons (Fsp3) is 0.455. The van der Waals surface area contributed by atoms with Crippen LogP contribution >= 0.6 is 0 Å². The first-order valence-corrected chi connectivity index (χ1v) is 9.05. The first kappa shape index (κ1) is 17.2. The van der Waals surface area contributed by atoms with E-state index in [1.165, 1.54) is 27.8 Å². The third-order valence-electron chi connectivity index (χ3n) is 5.26. The molecule has 1 aliphatic rings. The zero-order valence-electron chi connectivity index (χ0n) is 15.7. The Morgan fingerprint density at radius 3 is 2.29 bits per heavy atom. The van der Waals surface area contributed by atoms with Crippen molar-refractivity contribution in [1.82, 2.24) is 10.6 Å². The zero-order valence-corrected chi connectivity index (χ0v) is 15.7. The molecule has 0 spiro atoms. The lowest BCUT2D eigenvalue weighted by molar-refractivity contribution is 0.459. The van der Waals surface area contributed by atoms with Crippen LogP contribution in [0.2, 0.25) is 0 Å². The van der Waals surface area contributed by atoms with Gasteiger partial charge in [-0.15, -0.1) is 0 Å². The summed E-state index contributed by atoms with van der Waals surface area (Å²) in [5.41, 5.74) is 7.35. The van der Waals surface area contributed by atoms with Crippen LogP contribution in [0.25, 0.3) is 11.1 Å². The minimum absolute atomic E-state index is 0.00204. The Bertz CT molecular complexity index is 727. The van der Waals surface area contributed by atoms with E-state index >= 15 is 0 Å². The molecule has 2 aromatic rings. The van der Waals surface area contributed by atoms with Crippen molar-refractivity contribution in [2.24, 2.45) is 0 Å². The van der Waals surface area contributed by atoms with Gasteiger partial charge in [-0.3, -0.25) is 0 Å². The highest BCUT2D eigenvalue weighted by atomic mass is 14.9. The summed E-state index contributed by atoms with van der Waals surface area (Å²) in [4.78, 5) is 0. The maximum Gasteiger partial charge on any atom is 0.0463 e. The fourth-order valence-electron chi connectivity index (χ4n) is 4.21. The molecule has 128 valence electrons. The molecule has 2 nitrogen and oxygen atoms in total. The molecule has 1 unspecified atom stereocenters. The van der Waals surface area contributed by atoms with Crippen molar-refractivity contribution in [2.45, 2.75) is 38.5 Å².